The van der Waals surface area contributed by atoms with E-state index in [2.05, 4.69) is 24.4 Å². The average Bonchev–Trinajstić information content (AvgIpc) is 2.81. The second-order valence-corrected chi connectivity index (χ2v) is 8.67. The molecule has 0 aromatic heterocycles. The third-order valence-electron chi connectivity index (χ3n) is 5.77. The first kappa shape index (κ1) is 27.9. The molecule has 0 saturated heterocycles. The smallest absolute Gasteiger partial charge is 0.328 e. The minimum Gasteiger partial charge on any atom is -0.467 e. The van der Waals surface area contributed by atoms with Gasteiger partial charge in [0, 0.05) is 12.8 Å². The molecular weight excluding hydrogens is 398 g/mol. The molecule has 0 heterocycles. The third-order valence-corrected chi connectivity index (χ3v) is 5.77. The summed E-state index contributed by atoms with van der Waals surface area (Å²) in [6.45, 7) is 2.26. The number of carbonyl (C=O) groups is 2. The van der Waals surface area contributed by atoms with E-state index in [4.69, 9.17) is 4.74 Å². The molecule has 1 aromatic carbocycles. The Labute approximate surface area is 196 Å². The Balaban J connectivity index is 2.05. The summed E-state index contributed by atoms with van der Waals surface area (Å²) in [4.78, 5) is 24.3. The molecule has 0 bridgehead atoms. The summed E-state index contributed by atoms with van der Waals surface area (Å²) >= 11 is 0. The maximum Gasteiger partial charge on any atom is 0.328 e. The summed E-state index contributed by atoms with van der Waals surface area (Å²) in [6.07, 6.45) is 21.6. The summed E-state index contributed by atoms with van der Waals surface area (Å²) in [5, 5.41) is 2.84. The van der Waals surface area contributed by atoms with Crippen molar-refractivity contribution < 1.29 is 14.3 Å². The Morgan fingerprint density at radius 2 is 1.41 bits per heavy atom. The summed E-state index contributed by atoms with van der Waals surface area (Å²) < 4.78 is 4.86. The van der Waals surface area contributed by atoms with Crippen molar-refractivity contribution in [1.29, 1.82) is 0 Å². The highest BCUT2D eigenvalue weighted by Gasteiger charge is 2.21. The van der Waals surface area contributed by atoms with Crippen LogP contribution < -0.4 is 5.32 Å². The van der Waals surface area contributed by atoms with Crippen LogP contribution in [0.5, 0.6) is 0 Å². The molecule has 1 rings (SSSR count). The van der Waals surface area contributed by atoms with Crippen molar-refractivity contribution in [2.45, 2.75) is 109 Å². The fraction of sp³-hybridized carbons (Fsp3) is 0.643. The van der Waals surface area contributed by atoms with Crippen LogP contribution in [0.4, 0.5) is 0 Å². The van der Waals surface area contributed by atoms with Gasteiger partial charge in [0.15, 0.2) is 0 Å². The molecule has 0 spiro atoms. The van der Waals surface area contributed by atoms with E-state index in [1.54, 1.807) is 0 Å². The van der Waals surface area contributed by atoms with E-state index in [1.807, 2.05) is 30.3 Å². The predicted molar refractivity (Wildman–Crippen MR) is 134 cm³/mol. The van der Waals surface area contributed by atoms with Crippen molar-refractivity contribution in [3.8, 4) is 0 Å². The maximum atomic E-state index is 12.3. The highest BCUT2D eigenvalue weighted by atomic mass is 16.5. The number of rotatable bonds is 19. The van der Waals surface area contributed by atoms with E-state index in [0.717, 1.165) is 31.2 Å². The molecule has 0 fully saturated rings. The molecule has 180 valence electrons. The van der Waals surface area contributed by atoms with E-state index in [9.17, 15) is 9.59 Å². The normalized spacial score (nSPS) is 12.1. The zero-order valence-electron chi connectivity index (χ0n) is 20.5. The number of benzene rings is 1. The number of hydrogen-bond donors (Lipinski definition) is 1. The molecule has 4 nitrogen and oxygen atoms in total. The Bertz CT molecular complexity index is 627. The number of hydrogen-bond acceptors (Lipinski definition) is 3. The number of amides is 1. The average molecular weight is 444 g/mol. The Morgan fingerprint density at radius 1 is 0.844 bits per heavy atom. The van der Waals surface area contributed by atoms with Crippen LogP contribution in [0, 0.1) is 0 Å². The van der Waals surface area contributed by atoms with Crippen molar-refractivity contribution in [1.82, 2.24) is 5.32 Å². The van der Waals surface area contributed by atoms with Crippen LogP contribution in [0.25, 0.3) is 0 Å². The van der Waals surface area contributed by atoms with Crippen molar-refractivity contribution in [3.63, 3.8) is 0 Å². The van der Waals surface area contributed by atoms with Gasteiger partial charge in [-0.05, 0) is 37.7 Å². The van der Waals surface area contributed by atoms with E-state index < -0.39 is 12.0 Å². The first-order valence-corrected chi connectivity index (χ1v) is 12.7. The lowest BCUT2D eigenvalue weighted by atomic mass is 10.1. The summed E-state index contributed by atoms with van der Waals surface area (Å²) in [6, 6.07) is 9.06. The number of methoxy groups -OCH3 is 1. The number of unbranched alkanes of at least 4 members (excludes halogenated alkanes) is 11. The first-order valence-electron chi connectivity index (χ1n) is 12.7. The number of allylic oxidation sites excluding steroid dienone is 2. The molecule has 4 heteroatoms. The van der Waals surface area contributed by atoms with Gasteiger partial charge in [0.1, 0.15) is 6.04 Å². The van der Waals surface area contributed by atoms with Crippen molar-refractivity contribution in [2.75, 3.05) is 7.11 Å². The second kappa shape index (κ2) is 19.6. The summed E-state index contributed by atoms with van der Waals surface area (Å²) in [5.41, 5.74) is 1.00. The minimum atomic E-state index is -0.627. The van der Waals surface area contributed by atoms with Gasteiger partial charge in [-0.3, -0.25) is 4.79 Å². The molecule has 0 aliphatic carbocycles. The number of esters is 1. The van der Waals surface area contributed by atoms with Crippen molar-refractivity contribution >= 4 is 11.9 Å². The largest absolute Gasteiger partial charge is 0.467 e. The van der Waals surface area contributed by atoms with Gasteiger partial charge < -0.3 is 10.1 Å². The van der Waals surface area contributed by atoms with Crippen LogP contribution in [-0.2, 0) is 20.7 Å². The number of nitrogens with one attached hydrogen (secondary N) is 1. The van der Waals surface area contributed by atoms with Gasteiger partial charge in [-0.1, -0.05) is 101 Å². The third kappa shape index (κ3) is 14.8. The molecular formula is C28H45NO3. The van der Waals surface area contributed by atoms with Crippen LogP contribution in [0.15, 0.2) is 42.5 Å². The predicted octanol–water partition coefficient (Wildman–Crippen LogP) is 6.92. The minimum absolute atomic E-state index is 0.0750. The van der Waals surface area contributed by atoms with Crippen LogP contribution in [-0.4, -0.2) is 25.0 Å². The molecule has 32 heavy (non-hydrogen) atoms. The summed E-state index contributed by atoms with van der Waals surface area (Å²) in [5.74, 6) is -0.472. The van der Waals surface area contributed by atoms with Gasteiger partial charge in [0.25, 0.3) is 0 Å². The molecule has 1 unspecified atom stereocenters. The Kier molecular flexibility index (Phi) is 17.1. The molecule has 0 aliphatic rings. The molecule has 0 aliphatic heterocycles. The van der Waals surface area contributed by atoms with E-state index in [1.165, 1.54) is 64.9 Å². The first-order chi connectivity index (χ1) is 15.7. The van der Waals surface area contributed by atoms with Crippen molar-refractivity contribution in [3.05, 3.63) is 48.0 Å². The summed E-state index contributed by atoms with van der Waals surface area (Å²) in [7, 11) is 1.36. The number of ether oxygens (including phenoxy) is 1. The zero-order chi connectivity index (χ0) is 23.3. The lowest BCUT2D eigenvalue weighted by Crippen LogP contribution is -2.43. The second-order valence-electron chi connectivity index (χ2n) is 8.67. The quantitative estimate of drug-likeness (QED) is 0.143. The van der Waals surface area contributed by atoms with Gasteiger partial charge >= 0.3 is 5.97 Å². The van der Waals surface area contributed by atoms with Crippen LogP contribution in [0.2, 0.25) is 0 Å². The van der Waals surface area contributed by atoms with Crippen LogP contribution >= 0.6 is 0 Å². The van der Waals surface area contributed by atoms with Crippen molar-refractivity contribution in [2.24, 2.45) is 0 Å². The molecule has 1 aromatic rings. The topological polar surface area (TPSA) is 55.4 Å². The van der Waals surface area contributed by atoms with Gasteiger partial charge in [0.2, 0.25) is 5.91 Å². The highest BCUT2D eigenvalue weighted by Crippen LogP contribution is 2.10. The standard InChI is InChI=1S/C28H45NO3/c1-3-4-5-6-7-8-9-10-11-12-13-14-15-16-20-23-27(30)29-26(28(31)32-2)24-25-21-18-17-19-22-25/h10-11,17-19,21-22,26H,3-9,12-16,20,23-24H2,1-2H3,(H,29,30)/b11-10-. The lowest BCUT2D eigenvalue weighted by Gasteiger charge is -2.16. The highest BCUT2D eigenvalue weighted by molar-refractivity contribution is 5.84. The molecule has 1 atom stereocenters. The number of carbonyl (C=O) groups excluding carboxylic acids is 2. The maximum absolute atomic E-state index is 12.3. The molecule has 1 N–H and O–H groups in total. The Morgan fingerprint density at radius 3 is 2.00 bits per heavy atom. The van der Waals surface area contributed by atoms with E-state index in [-0.39, 0.29) is 5.91 Å². The lowest BCUT2D eigenvalue weighted by molar-refractivity contribution is -0.145. The molecule has 0 radical (unpaired) electrons. The van der Waals surface area contributed by atoms with E-state index in [0.29, 0.717) is 12.8 Å². The molecule has 1 amide bonds. The zero-order valence-corrected chi connectivity index (χ0v) is 20.5. The Hall–Kier alpha value is -2.10. The molecule has 0 saturated carbocycles. The van der Waals surface area contributed by atoms with Gasteiger partial charge in [-0.2, -0.15) is 0 Å². The fourth-order valence-corrected chi connectivity index (χ4v) is 3.81. The fourth-order valence-electron chi connectivity index (χ4n) is 3.81. The monoisotopic (exact) mass is 443 g/mol. The van der Waals surface area contributed by atoms with Crippen LogP contribution in [0.3, 0.4) is 0 Å². The van der Waals surface area contributed by atoms with E-state index >= 15 is 0 Å². The van der Waals surface area contributed by atoms with Crippen LogP contribution in [0.1, 0.15) is 102 Å². The van der Waals surface area contributed by atoms with Gasteiger partial charge in [-0.25, -0.2) is 4.79 Å². The van der Waals surface area contributed by atoms with Gasteiger partial charge in [-0.15, -0.1) is 0 Å². The van der Waals surface area contributed by atoms with Gasteiger partial charge in [0.05, 0.1) is 7.11 Å². The SMILES string of the molecule is CCCCCCCC/C=C\CCCCCCCC(=O)NC(Cc1ccccc1)C(=O)OC.